The maximum Gasteiger partial charge on any atom is 0.124 e. The first kappa shape index (κ1) is 17.4. The maximum absolute atomic E-state index is 14.1. The molecule has 1 aliphatic heterocycles. The lowest BCUT2D eigenvalue weighted by Gasteiger charge is -2.41. The molecule has 6 nitrogen and oxygen atoms in total. The van der Waals surface area contributed by atoms with Gasteiger partial charge in [-0.3, -0.25) is 9.67 Å². The SMILES string of the molecule is Cc1cc(F)cc2c(N3CCOC(C)(c4cnn(C)c4)C3)c(C#N)cnc12. The second-order valence-electron chi connectivity index (χ2n) is 7.15. The Morgan fingerprint density at radius 1 is 1.33 bits per heavy atom. The van der Waals surface area contributed by atoms with Gasteiger partial charge in [0.1, 0.15) is 17.5 Å². The fourth-order valence-electron chi connectivity index (χ4n) is 3.78. The van der Waals surface area contributed by atoms with E-state index < -0.39 is 5.60 Å². The van der Waals surface area contributed by atoms with E-state index >= 15 is 0 Å². The minimum absolute atomic E-state index is 0.332. The van der Waals surface area contributed by atoms with E-state index in [2.05, 4.69) is 21.1 Å². The van der Waals surface area contributed by atoms with Crippen LogP contribution >= 0.6 is 0 Å². The fraction of sp³-hybridized carbons (Fsp3) is 0.350. The van der Waals surface area contributed by atoms with Gasteiger partial charge < -0.3 is 9.64 Å². The van der Waals surface area contributed by atoms with Crippen molar-refractivity contribution in [1.82, 2.24) is 14.8 Å². The predicted molar refractivity (Wildman–Crippen MR) is 99.9 cm³/mol. The molecule has 1 aromatic carbocycles. The minimum atomic E-state index is -0.572. The Labute approximate surface area is 156 Å². The first-order valence-electron chi connectivity index (χ1n) is 8.78. The van der Waals surface area contributed by atoms with E-state index in [4.69, 9.17) is 4.74 Å². The zero-order chi connectivity index (χ0) is 19.2. The molecule has 0 radical (unpaired) electrons. The Hall–Kier alpha value is -2.98. The summed E-state index contributed by atoms with van der Waals surface area (Å²) >= 11 is 0. The minimum Gasteiger partial charge on any atom is -0.367 e. The molecule has 1 fully saturated rings. The van der Waals surface area contributed by atoms with Crippen molar-refractivity contribution in [1.29, 1.82) is 5.26 Å². The van der Waals surface area contributed by atoms with E-state index in [1.54, 1.807) is 17.1 Å². The molecule has 4 rings (SSSR count). The molecule has 3 heterocycles. The fourth-order valence-corrected chi connectivity index (χ4v) is 3.78. The van der Waals surface area contributed by atoms with Crippen LogP contribution in [0.15, 0.2) is 30.7 Å². The van der Waals surface area contributed by atoms with Crippen LogP contribution in [0.25, 0.3) is 10.9 Å². The summed E-state index contributed by atoms with van der Waals surface area (Å²) < 4.78 is 22.0. The van der Waals surface area contributed by atoms with Crippen molar-refractivity contribution in [3.63, 3.8) is 0 Å². The lowest BCUT2D eigenvalue weighted by Crippen LogP contribution is -2.48. The van der Waals surface area contributed by atoms with Crippen LogP contribution in [0.4, 0.5) is 10.1 Å². The van der Waals surface area contributed by atoms with E-state index in [0.29, 0.717) is 41.9 Å². The van der Waals surface area contributed by atoms with Gasteiger partial charge in [0.2, 0.25) is 0 Å². The van der Waals surface area contributed by atoms with Gasteiger partial charge in [0.25, 0.3) is 0 Å². The number of ether oxygens (including phenoxy) is 1. The van der Waals surface area contributed by atoms with Crippen LogP contribution in [-0.4, -0.2) is 34.5 Å². The van der Waals surface area contributed by atoms with E-state index in [9.17, 15) is 9.65 Å². The second-order valence-corrected chi connectivity index (χ2v) is 7.15. The van der Waals surface area contributed by atoms with Crippen molar-refractivity contribution in [2.45, 2.75) is 19.4 Å². The molecule has 7 heteroatoms. The first-order chi connectivity index (χ1) is 12.9. The van der Waals surface area contributed by atoms with Gasteiger partial charge in [-0.1, -0.05) is 0 Å². The number of hydrogen-bond donors (Lipinski definition) is 0. The quantitative estimate of drug-likeness (QED) is 0.698. The number of rotatable bonds is 2. The third-order valence-corrected chi connectivity index (χ3v) is 5.12. The van der Waals surface area contributed by atoms with Crippen molar-refractivity contribution in [2.24, 2.45) is 7.05 Å². The van der Waals surface area contributed by atoms with Gasteiger partial charge in [-0.15, -0.1) is 0 Å². The van der Waals surface area contributed by atoms with Crippen molar-refractivity contribution in [3.8, 4) is 6.07 Å². The van der Waals surface area contributed by atoms with E-state index in [1.807, 2.05) is 27.1 Å². The topological polar surface area (TPSA) is 67.0 Å². The number of nitriles is 1. The highest BCUT2D eigenvalue weighted by Crippen LogP contribution is 2.37. The van der Waals surface area contributed by atoms with Gasteiger partial charge in [0.15, 0.2) is 0 Å². The third-order valence-electron chi connectivity index (χ3n) is 5.12. The number of halogens is 1. The smallest absolute Gasteiger partial charge is 0.124 e. The summed E-state index contributed by atoms with van der Waals surface area (Å²) in [5, 5.41) is 14.5. The summed E-state index contributed by atoms with van der Waals surface area (Å²) in [6.45, 7) is 5.47. The highest BCUT2D eigenvalue weighted by atomic mass is 19.1. The normalized spacial score (nSPS) is 20.0. The Morgan fingerprint density at radius 3 is 2.85 bits per heavy atom. The van der Waals surface area contributed by atoms with Gasteiger partial charge in [0, 0.05) is 36.9 Å². The standard InChI is InChI=1S/C20H20FN5O/c1-13-6-16(21)7-17-18(13)23-9-14(8-22)19(17)26-4-5-27-20(2,12-26)15-10-24-25(3)11-15/h6-7,9-11H,4-5,12H2,1-3H3. The highest BCUT2D eigenvalue weighted by Gasteiger charge is 2.36. The van der Waals surface area contributed by atoms with E-state index in [-0.39, 0.29) is 5.82 Å². The second kappa shape index (κ2) is 6.32. The van der Waals surface area contributed by atoms with Crippen molar-refractivity contribution in [2.75, 3.05) is 24.6 Å². The molecule has 138 valence electrons. The zero-order valence-electron chi connectivity index (χ0n) is 15.5. The van der Waals surface area contributed by atoms with Crippen LogP contribution in [0.2, 0.25) is 0 Å². The molecule has 1 aliphatic rings. The number of aryl methyl sites for hydroxylation is 2. The molecule has 0 N–H and O–H groups in total. The number of aromatic nitrogens is 3. The van der Waals surface area contributed by atoms with Crippen molar-refractivity contribution in [3.05, 3.63) is 53.2 Å². The van der Waals surface area contributed by atoms with Crippen LogP contribution in [0.3, 0.4) is 0 Å². The number of benzene rings is 1. The summed E-state index contributed by atoms with van der Waals surface area (Å²) in [4.78, 5) is 6.48. The van der Waals surface area contributed by atoms with Gasteiger partial charge >= 0.3 is 0 Å². The molecule has 0 saturated carbocycles. The molecule has 0 amide bonds. The molecule has 1 unspecified atom stereocenters. The molecule has 3 aromatic rings. The molecule has 2 aromatic heterocycles. The summed E-state index contributed by atoms with van der Waals surface area (Å²) in [5.74, 6) is -0.332. The third kappa shape index (κ3) is 2.92. The van der Waals surface area contributed by atoms with Crippen LogP contribution in [0.1, 0.15) is 23.6 Å². The lowest BCUT2D eigenvalue weighted by atomic mass is 9.95. The van der Waals surface area contributed by atoms with Crippen LogP contribution in [-0.2, 0) is 17.4 Å². The number of pyridine rings is 1. The average Bonchev–Trinajstić information content (AvgIpc) is 3.08. The van der Waals surface area contributed by atoms with Crippen LogP contribution < -0.4 is 4.90 Å². The molecular weight excluding hydrogens is 345 g/mol. The Morgan fingerprint density at radius 2 is 2.15 bits per heavy atom. The number of hydrogen-bond acceptors (Lipinski definition) is 5. The molecule has 0 spiro atoms. The lowest BCUT2D eigenvalue weighted by molar-refractivity contribution is -0.0465. The zero-order valence-corrected chi connectivity index (χ0v) is 15.5. The van der Waals surface area contributed by atoms with Crippen LogP contribution in [0, 0.1) is 24.1 Å². The highest BCUT2D eigenvalue weighted by molar-refractivity contribution is 5.96. The molecule has 1 atom stereocenters. The Kier molecular flexibility index (Phi) is 4.08. The van der Waals surface area contributed by atoms with Gasteiger partial charge in [0.05, 0.1) is 36.1 Å². The summed E-state index contributed by atoms with van der Waals surface area (Å²) in [6.07, 6.45) is 5.30. The summed E-state index contributed by atoms with van der Waals surface area (Å²) in [5.41, 5.74) is 3.00. The number of anilines is 1. The largest absolute Gasteiger partial charge is 0.367 e. The molecule has 0 bridgehead atoms. The monoisotopic (exact) mass is 365 g/mol. The van der Waals surface area contributed by atoms with Gasteiger partial charge in [-0.25, -0.2) is 4.39 Å². The number of nitrogens with zero attached hydrogens (tertiary/aromatic N) is 5. The Balaban J connectivity index is 1.85. The summed E-state index contributed by atoms with van der Waals surface area (Å²) in [6, 6.07) is 5.13. The molecule has 1 saturated heterocycles. The van der Waals surface area contributed by atoms with E-state index in [1.165, 1.54) is 12.1 Å². The van der Waals surface area contributed by atoms with Gasteiger partial charge in [-0.2, -0.15) is 10.4 Å². The molecular formula is C20H20FN5O. The Bertz CT molecular complexity index is 1070. The summed E-state index contributed by atoms with van der Waals surface area (Å²) in [7, 11) is 1.86. The predicted octanol–water partition coefficient (Wildman–Crippen LogP) is 3.04. The van der Waals surface area contributed by atoms with Gasteiger partial charge in [-0.05, 0) is 31.5 Å². The maximum atomic E-state index is 14.1. The molecule has 0 aliphatic carbocycles. The number of fused-ring (bicyclic) bond motifs is 1. The first-order valence-corrected chi connectivity index (χ1v) is 8.78. The van der Waals surface area contributed by atoms with Crippen molar-refractivity contribution >= 4 is 16.6 Å². The molecule has 27 heavy (non-hydrogen) atoms. The van der Waals surface area contributed by atoms with E-state index in [0.717, 1.165) is 11.1 Å². The van der Waals surface area contributed by atoms with Crippen molar-refractivity contribution < 1.29 is 9.13 Å². The average molecular weight is 365 g/mol. The number of morpholine rings is 1. The van der Waals surface area contributed by atoms with Crippen LogP contribution in [0.5, 0.6) is 0 Å².